The first-order valence-corrected chi connectivity index (χ1v) is 11.0. The third-order valence-corrected chi connectivity index (χ3v) is 8.19. The topological polar surface area (TPSA) is 71.5 Å². The largest absolute Gasteiger partial charge is 0.246 e. The molecule has 1 aromatic carbocycles. The zero-order valence-corrected chi connectivity index (χ0v) is 14.8. The van der Waals surface area contributed by atoms with Crippen LogP contribution in [0.15, 0.2) is 27.6 Å². The molecule has 0 spiro atoms. The average Bonchev–Trinajstić information content (AvgIpc) is 3.16. The Balaban J connectivity index is 2.02. The molecule has 0 aromatic heterocycles. The standard InChI is InChI=1S/C13H15BrFNO4S2/c14-9-1-4-12(15)13(7-9)22(19,20)16(10-2-3-10)11-5-6-21(17,18)8-11/h1,4,7,10-11H,2-3,5-6,8H2. The second-order valence-electron chi connectivity index (χ2n) is 5.70. The minimum absolute atomic E-state index is 0.0165. The molecule has 1 aliphatic carbocycles. The van der Waals surface area contributed by atoms with Gasteiger partial charge in [-0.2, -0.15) is 4.31 Å². The second kappa shape index (κ2) is 5.54. The van der Waals surface area contributed by atoms with Crippen LogP contribution in [0.3, 0.4) is 0 Å². The maximum absolute atomic E-state index is 14.0. The van der Waals surface area contributed by atoms with Gasteiger partial charge in [0.1, 0.15) is 10.7 Å². The first kappa shape index (κ1) is 16.4. The van der Waals surface area contributed by atoms with Crippen molar-refractivity contribution >= 4 is 35.8 Å². The molecule has 0 N–H and O–H groups in total. The van der Waals surface area contributed by atoms with Gasteiger partial charge in [0.25, 0.3) is 0 Å². The molecule has 2 fully saturated rings. The highest BCUT2D eigenvalue weighted by atomic mass is 79.9. The van der Waals surface area contributed by atoms with Crippen molar-refractivity contribution in [3.63, 3.8) is 0 Å². The van der Waals surface area contributed by atoms with Crippen molar-refractivity contribution in [2.24, 2.45) is 0 Å². The lowest BCUT2D eigenvalue weighted by molar-refractivity contribution is 0.330. The fourth-order valence-corrected chi connectivity index (χ4v) is 7.10. The number of nitrogens with zero attached hydrogens (tertiary/aromatic N) is 1. The summed E-state index contributed by atoms with van der Waals surface area (Å²) in [6.45, 7) is 0. The summed E-state index contributed by atoms with van der Waals surface area (Å²) in [6, 6.07) is 2.93. The summed E-state index contributed by atoms with van der Waals surface area (Å²) >= 11 is 3.15. The summed E-state index contributed by atoms with van der Waals surface area (Å²) < 4.78 is 64.7. The normalized spacial score (nSPS) is 24.8. The number of hydrogen-bond donors (Lipinski definition) is 0. The molecule has 3 rings (SSSR count). The van der Waals surface area contributed by atoms with Gasteiger partial charge in [-0.3, -0.25) is 0 Å². The minimum Gasteiger partial charge on any atom is -0.229 e. The first-order chi connectivity index (χ1) is 10.2. The average molecular weight is 412 g/mol. The van der Waals surface area contributed by atoms with Crippen LogP contribution >= 0.6 is 15.9 Å². The van der Waals surface area contributed by atoms with Crippen LogP contribution in [0.4, 0.5) is 4.39 Å². The SMILES string of the molecule is O=S1(=O)CCC(N(C2CC2)S(=O)(=O)c2cc(Br)ccc2F)C1. The summed E-state index contributed by atoms with van der Waals surface area (Å²) in [5, 5.41) is 0. The molecule has 1 atom stereocenters. The van der Waals surface area contributed by atoms with Crippen LogP contribution in [0.2, 0.25) is 0 Å². The van der Waals surface area contributed by atoms with E-state index in [0.717, 1.165) is 6.07 Å². The predicted molar refractivity (Wildman–Crippen MR) is 83.2 cm³/mol. The number of hydrogen-bond acceptors (Lipinski definition) is 4. The molecule has 2 aliphatic rings. The van der Waals surface area contributed by atoms with E-state index in [1.54, 1.807) is 0 Å². The van der Waals surface area contributed by atoms with E-state index in [1.807, 2.05) is 0 Å². The number of sulfone groups is 1. The van der Waals surface area contributed by atoms with Crippen LogP contribution in [0.1, 0.15) is 19.3 Å². The number of rotatable bonds is 4. The molecular formula is C13H15BrFNO4S2. The van der Waals surface area contributed by atoms with E-state index in [2.05, 4.69) is 15.9 Å². The molecule has 1 aliphatic heterocycles. The molecule has 1 unspecified atom stereocenters. The number of sulfonamides is 1. The van der Waals surface area contributed by atoms with Gasteiger partial charge in [0.15, 0.2) is 9.84 Å². The van der Waals surface area contributed by atoms with E-state index in [9.17, 15) is 21.2 Å². The van der Waals surface area contributed by atoms with Gasteiger partial charge in [-0.05, 0) is 37.5 Å². The monoisotopic (exact) mass is 411 g/mol. The van der Waals surface area contributed by atoms with Crippen LogP contribution in [-0.2, 0) is 19.9 Å². The van der Waals surface area contributed by atoms with Crippen molar-refractivity contribution in [1.29, 1.82) is 0 Å². The maximum Gasteiger partial charge on any atom is 0.246 e. The Hall–Kier alpha value is -0.510. The quantitative estimate of drug-likeness (QED) is 0.758. The van der Waals surface area contributed by atoms with Crippen molar-refractivity contribution < 1.29 is 21.2 Å². The van der Waals surface area contributed by atoms with E-state index in [0.29, 0.717) is 17.3 Å². The van der Waals surface area contributed by atoms with E-state index in [1.165, 1.54) is 16.4 Å². The molecule has 1 aromatic rings. The van der Waals surface area contributed by atoms with Crippen LogP contribution in [0, 0.1) is 5.82 Å². The molecule has 22 heavy (non-hydrogen) atoms. The summed E-state index contributed by atoms with van der Waals surface area (Å²) in [4.78, 5) is -0.405. The van der Waals surface area contributed by atoms with Gasteiger partial charge in [0.2, 0.25) is 10.0 Å². The molecule has 0 radical (unpaired) electrons. The summed E-state index contributed by atoms with van der Waals surface area (Å²) in [5.41, 5.74) is 0. The zero-order valence-electron chi connectivity index (χ0n) is 11.6. The Bertz CT molecular complexity index is 805. The van der Waals surface area contributed by atoms with Gasteiger partial charge < -0.3 is 0 Å². The number of benzene rings is 1. The van der Waals surface area contributed by atoms with Crippen LogP contribution < -0.4 is 0 Å². The van der Waals surface area contributed by atoms with Crippen molar-refractivity contribution in [3.05, 3.63) is 28.5 Å². The first-order valence-electron chi connectivity index (χ1n) is 6.90. The van der Waals surface area contributed by atoms with E-state index >= 15 is 0 Å². The van der Waals surface area contributed by atoms with Crippen molar-refractivity contribution in [3.8, 4) is 0 Å². The van der Waals surface area contributed by atoms with Crippen LogP contribution in [0.5, 0.6) is 0 Å². The summed E-state index contributed by atoms with van der Waals surface area (Å²) in [6.07, 6.45) is 1.64. The third kappa shape index (κ3) is 3.08. The molecule has 1 heterocycles. The number of halogens is 2. The lowest BCUT2D eigenvalue weighted by Gasteiger charge is -2.27. The van der Waals surface area contributed by atoms with Crippen LogP contribution in [-0.4, -0.2) is 44.7 Å². The third-order valence-electron chi connectivity index (χ3n) is 3.92. The summed E-state index contributed by atoms with van der Waals surface area (Å²) in [7, 11) is -7.28. The fraction of sp³-hybridized carbons (Fsp3) is 0.538. The van der Waals surface area contributed by atoms with Crippen molar-refractivity contribution in [2.75, 3.05) is 11.5 Å². The minimum atomic E-state index is -4.06. The highest BCUT2D eigenvalue weighted by molar-refractivity contribution is 9.10. The molecule has 1 saturated heterocycles. The van der Waals surface area contributed by atoms with E-state index in [4.69, 9.17) is 0 Å². The van der Waals surface area contributed by atoms with Crippen molar-refractivity contribution in [1.82, 2.24) is 4.31 Å². The van der Waals surface area contributed by atoms with Crippen LogP contribution in [0.25, 0.3) is 0 Å². The maximum atomic E-state index is 14.0. The smallest absolute Gasteiger partial charge is 0.229 e. The van der Waals surface area contributed by atoms with Gasteiger partial charge in [-0.25, -0.2) is 21.2 Å². The molecule has 5 nitrogen and oxygen atoms in total. The van der Waals surface area contributed by atoms with Gasteiger partial charge in [0, 0.05) is 16.6 Å². The Morgan fingerprint density at radius 3 is 2.41 bits per heavy atom. The molecule has 122 valence electrons. The summed E-state index contributed by atoms with van der Waals surface area (Å²) in [5.74, 6) is -1.02. The second-order valence-corrected chi connectivity index (χ2v) is 10.7. The lowest BCUT2D eigenvalue weighted by atomic mass is 10.2. The Morgan fingerprint density at radius 1 is 1.18 bits per heavy atom. The lowest BCUT2D eigenvalue weighted by Crippen LogP contribution is -2.43. The van der Waals surface area contributed by atoms with E-state index in [-0.39, 0.29) is 24.0 Å². The predicted octanol–water partition coefficient (Wildman–Crippen LogP) is 1.93. The Morgan fingerprint density at radius 2 is 1.86 bits per heavy atom. The highest BCUT2D eigenvalue weighted by Crippen LogP contribution is 2.37. The Kier molecular flexibility index (Phi) is 4.12. The van der Waals surface area contributed by atoms with Gasteiger partial charge in [-0.1, -0.05) is 15.9 Å². The van der Waals surface area contributed by atoms with Crippen molar-refractivity contribution in [2.45, 2.75) is 36.2 Å². The fourth-order valence-electron chi connectivity index (χ4n) is 2.78. The Labute approximate surface area is 137 Å². The van der Waals surface area contributed by atoms with Gasteiger partial charge in [0.05, 0.1) is 11.5 Å². The molecule has 1 saturated carbocycles. The van der Waals surface area contributed by atoms with E-state index < -0.39 is 36.6 Å². The molecule has 0 amide bonds. The van der Waals surface area contributed by atoms with Gasteiger partial charge in [-0.15, -0.1) is 0 Å². The molecular weight excluding hydrogens is 397 g/mol. The highest BCUT2D eigenvalue weighted by Gasteiger charge is 2.46. The molecule has 0 bridgehead atoms. The molecule has 9 heteroatoms. The van der Waals surface area contributed by atoms with Gasteiger partial charge >= 0.3 is 0 Å². The zero-order chi connectivity index (χ0) is 16.1.